The van der Waals surface area contributed by atoms with Crippen LogP contribution in [0.4, 0.5) is 4.79 Å². The molecule has 0 radical (unpaired) electrons. The third-order valence-electron chi connectivity index (χ3n) is 6.49. The highest BCUT2D eigenvalue weighted by atomic mass is 35.5. The van der Waals surface area contributed by atoms with Gasteiger partial charge in [-0.25, -0.2) is 4.79 Å². The van der Waals surface area contributed by atoms with Crippen LogP contribution in [0.25, 0.3) is 0 Å². The van der Waals surface area contributed by atoms with E-state index in [4.69, 9.17) is 11.6 Å². The van der Waals surface area contributed by atoms with E-state index >= 15 is 0 Å². The smallest absolute Gasteiger partial charge is 0.317 e. The Morgan fingerprint density at radius 1 is 1.25 bits per heavy atom. The molecule has 3 rings (SSSR count). The fraction of sp³-hybridized carbons (Fsp3) is 0.850. The highest BCUT2D eigenvalue weighted by Crippen LogP contribution is 2.37. The van der Waals surface area contributed by atoms with E-state index in [0.717, 1.165) is 25.7 Å². The second-order valence-corrected chi connectivity index (χ2v) is 9.30. The Bertz CT molecular complexity index is 621. The van der Waals surface area contributed by atoms with Gasteiger partial charge >= 0.3 is 6.03 Å². The van der Waals surface area contributed by atoms with Crippen molar-refractivity contribution in [2.24, 2.45) is 5.92 Å². The van der Waals surface area contributed by atoms with E-state index in [9.17, 15) is 14.4 Å². The average Bonchev–Trinajstić information content (AvgIpc) is 3.10. The summed E-state index contributed by atoms with van der Waals surface area (Å²) in [6.45, 7) is 7.77. The molecule has 3 aliphatic rings. The van der Waals surface area contributed by atoms with E-state index in [-0.39, 0.29) is 42.4 Å². The molecule has 1 saturated carbocycles. The molecule has 0 aromatic heterocycles. The van der Waals surface area contributed by atoms with Gasteiger partial charge in [0.05, 0.1) is 6.54 Å². The number of likely N-dealkylation sites (tertiary alicyclic amines) is 1. The lowest BCUT2D eigenvalue weighted by molar-refractivity contribution is -0.167. The second-order valence-electron chi connectivity index (χ2n) is 8.69. The summed E-state index contributed by atoms with van der Waals surface area (Å²) in [5, 5.41) is 3.04. The topological polar surface area (TPSA) is 73.0 Å². The first-order valence-electron chi connectivity index (χ1n) is 10.6. The highest BCUT2D eigenvalue weighted by molar-refractivity contribution is 6.20. The molecular formula is C20H33ClN4O3. The Hall–Kier alpha value is -1.50. The maximum atomic E-state index is 13.5. The van der Waals surface area contributed by atoms with Crippen LogP contribution < -0.4 is 5.32 Å². The van der Waals surface area contributed by atoms with Gasteiger partial charge in [0.2, 0.25) is 5.91 Å². The van der Waals surface area contributed by atoms with Gasteiger partial charge in [-0.1, -0.05) is 0 Å². The predicted octanol–water partition coefficient (Wildman–Crippen LogP) is 2.04. The number of piperazine rings is 1. The van der Waals surface area contributed by atoms with Gasteiger partial charge in [0.15, 0.2) is 0 Å². The molecule has 1 atom stereocenters. The standard InChI is InChI=1S/C20H33ClN4O3/c1-4-22-19(28)23-10-9-20(13-23)18(27)24(14(2)3)12-17(26)25(20)11-15-5-7-16(21)8-6-15/h14-16H,4-13H2,1-3H3,(H,22,28). The summed E-state index contributed by atoms with van der Waals surface area (Å²) in [4.78, 5) is 44.2. The Morgan fingerprint density at radius 3 is 2.54 bits per heavy atom. The number of rotatable bonds is 4. The number of hydrogen-bond acceptors (Lipinski definition) is 3. The van der Waals surface area contributed by atoms with Crippen molar-refractivity contribution in [1.82, 2.24) is 20.0 Å². The van der Waals surface area contributed by atoms with Gasteiger partial charge in [-0.15, -0.1) is 11.6 Å². The Balaban J connectivity index is 1.84. The zero-order valence-corrected chi connectivity index (χ0v) is 18.0. The molecule has 158 valence electrons. The van der Waals surface area contributed by atoms with Crippen molar-refractivity contribution in [1.29, 1.82) is 0 Å². The minimum absolute atomic E-state index is 0.000883. The summed E-state index contributed by atoms with van der Waals surface area (Å²) in [6, 6.07) is -0.204. The molecule has 2 heterocycles. The summed E-state index contributed by atoms with van der Waals surface area (Å²) in [5.74, 6) is 0.353. The number of alkyl halides is 1. The largest absolute Gasteiger partial charge is 0.338 e. The lowest BCUT2D eigenvalue weighted by Gasteiger charge is -2.49. The maximum Gasteiger partial charge on any atom is 0.317 e. The summed E-state index contributed by atoms with van der Waals surface area (Å²) >= 11 is 6.24. The van der Waals surface area contributed by atoms with Gasteiger partial charge in [-0.05, 0) is 58.8 Å². The Labute approximate surface area is 172 Å². The number of nitrogens with one attached hydrogen (secondary N) is 1. The van der Waals surface area contributed by atoms with Crippen molar-refractivity contribution in [2.45, 2.75) is 69.8 Å². The zero-order chi connectivity index (χ0) is 20.5. The first kappa shape index (κ1) is 21.2. The van der Waals surface area contributed by atoms with Crippen LogP contribution in [0, 0.1) is 5.92 Å². The van der Waals surface area contributed by atoms with Crippen LogP contribution in [0.2, 0.25) is 0 Å². The summed E-state index contributed by atoms with van der Waals surface area (Å²) in [6.07, 6.45) is 4.38. The van der Waals surface area contributed by atoms with Crippen LogP contribution >= 0.6 is 11.6 Å². The molecule has 2 saturated heterocycles. The molecule has 1 unspecified atom stereocenters. The van der Waals surface area contributed by atoms with Gasteiger partial charge in [0.1, 0.15) is 12.1 Å². The number of urea groups is 1. The monoisotopic (exact) mass is 412 g/mol. The molecule has 28 heavy (non-hydrogen) atoms. The molecule has 1 N–H and O–H groups in total. The van der Waals surface area contributed by atoms with E-state index < -0.39 is 5.54 Å². The molecule has 7 nitrogen and oxygen atoms in total. The Kier molecular flexibility index (Phi) is 6.42. The van der Waals surface area contributed by atoms with Crippen molar-refractivity contribution in [3.8, 4) is 0 Å². The summed E-state index contributed by atoms with van der Waals surface area (Å²) in [5.41, 5.74) is -0.928. The number of nitrogens with zero attached hydrogens (tertiary/aromatic N) is 3. The first-order chi connectivity index (χ1) is 13.3. The normalized spacial score (nSPS) is 31.2. The van der Waals surface area contributed by atoms with Gasteiger partial charge in [-0.2, -0.15) is 0 Å². The SMILES string of the molecule is CCNC(=O)N1CCC2(C1)C(=O)N(C(C)C)CC(=O)N2CC1CCC(Cl)CC1. The van der Waals surface area contributed by atoms with Crippen molar-refractivity contribution < 1.29 is 14.4 Å². The molecule has 0 aromatic carbocycles. The van der Waals surface area contributed by atoms with Gasteiger partial charge in [0, 0.05) is 31.1 Å². The molecular weight excluding hydrogens is 380 g/mol. The van der Waals surface area contributed by atoms with Crippen molar-refractivity contribution in [3.05, 3.63) is 0 Å². The van der Waals surface area contributed by atoms with Crippen LogP contribution in [0.15, 0.2) is 0 Å². The van der Waals surface area contributed by atoms with Gasteiger partial charge in [0.25, 0.3) is 5.91 Å². The first-order valence-corrected chi connectivity index (χ1v) is 11.0. The number of carbonyl (C=O) groups excluding carboxylic acids is 3. The average molecular weight is 413 g/mol. The molecule has 4 amide bonds. The van der Waals surface area contributed by atoms with Gasteiger partial charge in [-0.3, -0.25) is 9.59 Å². The minimum atomic E-state index is -0.928. The fourth-order valence-corrected chi connectivity index (χ4v) is 5.06. The summed E-state index contributed by atoms with van der Waals surface area (Å²) in [7, 11) is 0. The van der Waals surface area contributed by atoms with Gasteiger partial charge < -0.3 is 20.0 Å². The van der Waals surface area contributed by atoms with E-state index in [2.05, 4.69) is 5.32 Å². The minimum Gasteiger partial charge on any atom is -0.338 e. The van der Waals surface area contributed by atoms with E-state index in [1.54, 1.807) is 9.80 Å². The molecule has 1 spiro atoms. The predicted molar refractivity (Wildman–Crippen MR) is 108 cm³/mol. The molecule has 3 fully saturated rings. The van der Waals surface area contributed by atoms with Crippen molar-refractivity contribution in [3.63, 3.8) is 0 Å². The summed E-state index contributed by atoms with van der Waals surface area (Å²) < 4.78 is 0. The van der Waals surface area contributed by atoms with Crippen LogP contribution in [0.3, 0.4) is 0 Å². The number of amides is 4. The Morgan fingerprint density at radius 2 is 1.93 bits per heavy atom. The van der Waals surface area contributed by atoms with E-state index in [1.807, 2.05) is 25.7 Å². The van der Waals surface area contributed by atoms with Crippen LogP contribution in [0.1, 0.15) is 52.9 Å². The van der Waals surface area contributed by atoms with Crippen molar-refractivity contribution in [2.75, 3.05) is 32.7 Å². The number of carbonyl (C=O) groups is 3. The molecule has 2 aliphatic heterocycles. The van der Waals surface area contributed by atoms with Crippen LogP contribution in [-0.2, 0) is 9.59 Å². The molecule has 0 bridgehead atoms. The number of hydrogen-bond donors (Lipinski definition) is 1. The highest BCUT2D eigenvalue weighted by Gasteiger charge is 2.57. The third-order valence-corrected chi connectivity index (χ3v) is 6.92. The maximum absolute atomic E-state index is 13.5. The molecule has 1 aliphatic carbocycles. The third kappa shape index (κ3) is 3.95. The van der Waals surface area contributed by atoms with Crippen LogP contribution in [0.5, 0.6) is 0 Å². The van der Waals surface area contributed by atoms with Crippen molar-refractivity contribution >= 4 is 29.4 Å². The lowest BCUT2D eigenvalue weighted by atomic mass is 9.84. The quantitative estimate of drug-likeness (QED) is 0.718. The van der Waals surface area contributed by atoms with E-state index in [0.29, 0.717) is 32.0 Å². The fourth-order valence-electron chi connectivity index (χ4n) is 4.81. The lowest BCUT2D eigenvalue weighted by Crippen LogP contribution is -2.70. The molecule has 0 aromatic rings. The number of halogens is 1. The van der Waals surface area contributed by atoms with Crippen LogP contribution in [-0.4, -0.2) is 82.2 Å². The van der Waals surface area contributed by atoms with E-state index in [1.165, 1.54) is 0 Å². The second kappa shape index (κ2) is 8.47. The molecule has 8 heteroatoms. The zero-order valence-electron chi connectivity index (χ0n) is 17.2.